The average Bonchev–Trinajstić information content (AvgIpc) is 3.26. The zero-order chi connectivity index (χ0) is 26.2. The fourth-order valence-corrected chi connectivity index (χ4v) is 9.34. The molecule has 1 amide bonds. The summed E-state index contributed by atoms with van der Waals surface area (Å²) < 4.78 is 0. The van der Waals surface area contributed by atoms with Crippen molar-refractivity contribution in [2.75, 3.05) is 19.6 Å². The van der Waals surface area contributed by atoms with Crippen molar-refractivity contribution in [1.82, 2.24) is 10.2 Å². The summed E-state index contributed by atoms with van der Waals surface area (Å²) in [5.74, 6) is 2.84. The van der Waals surface area contributed by atoms with E-state index in [1.54, 1.807) is 4.90 Å². The van der Waals surface area contributed by atoms with Crippen molar-refractivity contribution in [2.45, 2.75) is 111 Å². The minimum Gasteiger partial charge on any atom is -0.314 e. The molecule has 1 N–H and O–H groups in total. The molecule has 3 saturated carbocycles. The summed E-state index contributed by atoms with van der Waals surface area (Å²) in [6.45, 7) is 11.5. The lowest BCUT2D eigenvalue weighted by atomic mass is 9.46. The Morgan fingerprint density at radius 1 is 1.11 bits per heavy atom. The quantitative estimate of drug-likeness (QED) is 0.251. The van der Waals surface area contributed by atoms with Gasteiger partial charge in [0, 0.05) is 31.5 Å². The zero-order valence-corrected chi connectivity index (χ0v) is 23.7. The lowest BCUT2D eigenvalue weighted by molar-refractivity contribution is -0.117. The second-order valence-electron chi connectivity index (χ2n) is 13.2. The molecule has 0 radical (unpaired) electrons. The van der Waals surface area contributed by atoms with Crippen molar-refractivity contribution in [3.8, 4) is 0 Å². The predicted molar refractivity (Wildman–Crippen MR) is 147 cm³/mol. The third-order valence-electron chi connectivity index (χ3n) is 11.5. The summed E-state index contributed by atoms with van der Waals surface area (Å²) in [6, 6.07) is 0.508. The monoisotopic (exact) mass is 511 g/mol. The molecule has 7 atom stereocenters. The van der Waals surface area contributed by atoms with E-state index in [0.29, 0.717) is 42.7 Å². The molecule has 1 saturated heterocycles. The van der Waals surface area contributed by atoms with Crippen LogP contribution in [0.15, 0.2) is 16.8 Å². The number of allylic oxidation sites excluding steroid dienone is 1. The van der Waals surface area contributed by atoms with Crippen molar-refractivity contribution in [1.29, 1.82) is 0 Å². The fraction of sp³-hybridized carbons (Fsp3) is 0.839. The van der Waals surface area contributed by atoms with Crippen LogP contribution in [0.3, 0.4) is 0 Å². The minimum absolute atomic E-state index is 0.214. The number of nitrogens with zero attached hydrogens (tertiary/aromatic N) is 2. The highest BCUT2D eigenvalue weighted by atomic mass is 16.7. The van der Waals surface area contributed by atoms with Gasteiger partial charge in [-0.3, -0.25) is 9.63 Å². The van der Waals surface area contributed by atoms with Gasteiger partial charge in [-0.25, -0.2) is 4.79 Å². The molecule has 4 fully saturated rings. The molecular formula is C31H49N3O3. The van der Waals surface area contributed by atoms with E-state index >= 15 is 0 Å². The van der Waals surface area contributed by atoms with Gasteiger partial charge >= 0.3 is 6.09 Å². The average molecular weight is 512 g/mol. The van der Waals surface area contributed by atoms with E-state index in [2.05, 4.69) is 31.2 Å². The van der Waals surface area contributed by atoms with E-state index in [9.17, 15) is 9.59 Å². The van der Waals surface area contributed by atoms with Crippen LogP contribution < -0.4 is 5.32 Å². The van der Waals surface area contributed by atoms with Crippen LogP contribution in [0.5, 0.6) is 0 Å². The molecule has 1 unspecified atom stereocenters. The van der Waals surface area contributed by atoms with Crippen molar-refractivity contribution < 1.29 is 14.4 Å². The van der Waals surface area contributed by atoms with Gasteiger partial charge in [0.1, 0.15) is 0 Å². The molecule has 0 aromatic rings. The van der Waals surface area contributed by atoms with Crippen LogP contribution in [0.25, 0.3) is 0 Å². The van der Waals surface area contributed by atoms with Gasteiger partial charge in [0.05, 0.1) is 5.71 Å². The van der Waals surface area contributed by atoms with Crippen LogP contribution in [0, 0.1) is 34.5 Å². The van der Waals surface area contributed by atoms with Gasteiger partial charge < -0.3 is 10.2 Å². The highest BCUT2D eigenvalue weighted by Crippen LogP contribution is 2.66. The number of ketones is 1. The van der Waals surface area contributed by atoms with Gasteiger partial charge in [-0.2, -0.15) is 0 Å². The highest BCUT2D eigenvalue weighted by molar-refractivity contribution is 5.91. The first-order chi connectivity index (χ1) is 17.8. The third-order valence-corrected chi connectivity index (χ3v) is 11.5. The first-order valence-electron chi connectivity index (χ1n) is 15.2. The maximum absolute atomic E-state index is 12.9. The predicted octanol–water partition coefficient (Wildman–Crippen LogP) is 6.50. The summed E-state index contributed by atoms with van der Waals surface area (Å²) >= 11 is 0. The Bertz CT molecular complexity index is 938. The fourth-order valence-electron chi connectivity index (χ4n) is 9.34. The number of fused-ring (bicyclic) bond motifs is 5. The van der Waals surface area contributed by atoms with Gasteiger partial charge in [-0.15, -0.1) is 0 Å². The number of amides is 1. The Morgan fingerprint density at radius 2 is 1.95 bits per heavy atom. The molecule has 206 valence electrons. The summed E-state index contributed by atoms with van der Waals surface area (Å²) in [5, 5.41) is 8.03. The third kappa shape index (κ3) is 5.04. The number of oxime groups is 1. The van der Waals surface area contributed by atoms with E-state index in [4.69, 9.17) is 4.84 Å². The number of rotatable bonds is 6. The van der Waals surface area contributed by atoms with E-state index in [1.807, 2.05) is 13.0 Å². The van der Waals surface area contributed by atoms with Crippen LogP contribution in [-0.4, -0.2) is 48.2 Å². The van der Waals surface area contributed by atoms with Crippen LogP contribution in [0.4, 0.5) is 4.79 Å². The zero-order valence-electron chi connectivity index (χ0n) is 23.7. The van der Waals surface area contributed by atoms with Gasteiger partial charge in [0.2, 0.25) is 0 Å². The smallest absolute Gasteiger partial charge is 0.314 e. The van der Waals surface area contributed by atoms with E-state index in [-0.39, 0.29) is 16.9 Å². The van der Waals surface area contributed by atoms with Crippen molar-refractivity contribution >= 4 is 17.6 Å². The van der Waals surface area contributed by atoms with E-state index in [1.165, 1.54) is 50.5 Å². The maximum Gasteiger partial charge on any atom is 0.435 e. The molecule has 5 aliphatic rings. The number of hydrogen-bond acceptors (Lipinski definition) is 5. The summed E-state index contributed by atoms with van der Waals surface area (Å²) in [6.07, 6.45) is 15.3. The molecule has 1 heterocycles. The molecule has 0 aromatic carbocycles. The van der Waals surface area contributed by atoms with Gasteiger partial charge in [-0.05, 0) is 119 Å². The number of hydrogen-bond donors (Lipinski definition) is 1. The SMILES string of the molecule is CCN(CCC1CCCCN1)C(=O)O/N=C(\C)[C@H]1CC[C@H]2[C@@H]3CCC4=CC(=O)CC[C@]4(C)[C@H]3CC[C@]12C. The molecule has 4 aliphatic carbocycles. The maximum atomic E-state index is 12.9. The lowest BCUT2D eigenvalue weighted by Crippen LogP contribution is -2.51. The van der Waals surface area contributed by atoms with Crippen LogP contribution >= 0.6 is 0 Å². The molecule has 5 rings (SSSR count). The highest BCUT2D eigenvalue weighted by Gasteiger charge is 2.59. The molecular weight excluding hydrogens is 462 g/mol. The molecule has 6 heteroatoms. The minimum atomic E-state index is -0.313. The molecule has 1 aliphatic heterocycles. The molecule has 0 bridgehead atoms. The second kappa shape index (κ2) is 10.8. The number of piperidine rings is 1. The number of nitrogens with one attached hydrogen (secondary N) is 1. The number of carbonyl (C=O) groups is 2. The summed E-state index contributed by atoms with van der Waals surface area (Å²) in [5.41, 5.74) is 2.87. The Hall–Kier alpha value is -1.69. The first-order valence-corrected chi connectivity index (χ1v) is 15.2. The Balaban J connectivity index is 1.21. The van der Waals surface area contributed by atoms with Crippen molar-refractivity contribution in [3.63, 3.8) is 0 Å². The normalized spacial score (nSPS) is 39.8. The second-order valence-corrected chi connectivity index (χ2v) is 13.2. The summed E-state index contributed by atoms with van der Waals surface area (Å²) in [7, 11) is 0. The molecule has 0 spiro atoms. The van der Waals surface area contributed by atoms with Gasteiger partial charge in [0.15, 0.2) is 5.78 Å². The Morgan fingerprint density at radius 3 is 2.70 bits per heavy atom. The topological polar surface area (TPSA) is 71.0 Å². The standard InChI is InChI=1S/C31H49N3O3/c1-5-34(19-15-23-8-6-7-18-32-23)29(36)37-33-21(2)26-11-12-27-25-10-9-22-20-24(35)13-16-30(22,3)28(25)14-17-31(26,27)4/h20,23,25-28,32H,5-19H2,1-4H3/b33-21+/t23?,25-,26+,27-,28-,30-,31+/m0/s1. The first kappa shape index (κ1) is 26.9. The van der Waals surface area contributed by atoms with Crippen LogP contribution in [0.1, 0.15) is 105 Å². The molecule has 6 nitrogen and oxygen atoms in total. The van der Waals surface area contributed by atoms with Crippen molar-refractivity contribution in [2.24, 2.45) is 39.7 Å². The molecule has 37 heavy (non-hydrogen) atoms. The van der Waals surface area contributed by atoms with Crippen LogP contribution in [0.2, 0.25) is 0 Å². The number of carbonyl (C=O) groups excluding carboxylic acids is 2. The Kier molecular flexibility index (Phi) is 7.87. The van der Waals surface area contributed by atoms with Gasteiger partial charge in [0.25, 0.3) is 0 Å². The lowest BCUT2D eigenvalue weighted by Gasteiger charge is -2.58. The Labute approximate surface area is 224 Å². The van der Waals surface area contributed by atoms with Gasteiger partial charge in [-0.1, -0.05) is 31.0 Å². The largest absolute Gasteiger partial charge is 0.435 e. The van der Waals surface area contributed by atoms with E-state index < -0.39 is 0 Å². The summed E-state index contributed by atoms with van der Waals surface area (Å²) in [4.78, 5) is 32.3. The molecule has 0 aromatic heterocycles. The van der Waals surface area contributed by atoms with Crippen LogP contribution in [-0.2, 0) is 9.63 Å². The van der Waals surface area contributed by atoms with Crippen molar-refractivity contribution in [3.05, 3.63) is 11.6 Å². The van der Waals surface area contributed by atoms with E-state index in [0.717, 1.165) is 50.3 Å².